The van der Waals surface area contributed by atoms with E-state index in [-0.39, 0.29) is 5.91 Å². The highest BCUT2D eigenvalue weighted by Gasteiger charge is 2.21. The molecule has 8 nitrogen and oxygen atoms in total. The Bertz CT molecular complexity index is 1050. The number of hydrogen-bond acceptors (Lipinski definition) is 6. The second kappa shape index (κ2) is 8.93. The van der Waals surface area contributed by atoms with Gasteiger partial charge < -0.3 is 19.7 Å². The smallest absolute Gasteiger partial charge is 0.254 e. The molecule has 1 aromatic carbocycles. The molecule has 2 fully saturated rings. The second-order valence-electron chi connectivity index (χ2n) is 8.12. The zero-order valence-electron chi connectivity index (χ0n) is 17.5. The lowest BCUT2D eigenvalue weighted by Crippen LogP contribution is -2.40. The Morgan fingerprint density at radius 3 is 2.84 bits per heavy atom. The summed E-state index contributed by atoms with van der Waals surface area (Å²) >= 11 is 0. The standard InChI is InChI=1S/C23H27N5O3/c29-23(28-11-13-30-14-12-28)16-5-4-8-18(15-16)31-19-9-10-24-21-20(19)22(27-26-21)25-17-6-2-1-3-7-17/h4-5,8-10,15,17H,1-3,6-7,11-14H2,(H2,24,25,26,27). The van der Waals surface area contributed by atoms with Gasteiger partial charge in [0.1, 0.15) is 16.9 Å². The van der Waals surface area contributed by atoms with E-state index in [1.54, 1.807) is 12.3 Å². The quantitative estimate of drug-likeness (QED) is 0.648. The number of benzene rings is 1. The van der Waals surface area contributed by atoms with E-state index < -0.39 is 0 Å². The predicted octanol–water partition coefficient (Wildman–Crippen LogP) is 3.97. The maximum Gasteiger partial charge on any atom is 0.254 e. The molecule has 3 aromatic rings. The number of carbonyl (C=O) groups is 1. The van der Waals surface area contributed by atoms with Gasteiger partial charge in [-0.05, 0) is 31.0 Å². The molecule has 1 aliphatic carbocycles. The molecule has 0 spiro atoms. The second-order valence-corrected chi connectivity index (χ2v) is 8.12. The molecule has 2 aliphatic rings. The number of amides is 1. The molecule has 1 aliphatic heterocycles. The fourth-order valence-electron chi connectivity index (χ4n) is 4.32. The SMILES string of the molecule is O=C(c1cccc(Oc2ccnc3[nH]nc(NC4CCCCC4)c23)c1)N1CCOCC1. The van der Waals surface area contributed by atoms with E-state index in [0.717, 1.165) is 24.0 Å². The van der Waals surface area contributed by atoms with Crippen molar-refractivity contribution in [3.63, 3.8) is 0 Å². The fraction of sp³-hybridized carbons (Fsp3) is 0.435. The molecule has 0 atom stereocenters. The number of nitrogens with zero attached hydrogens (tertiary/aromatic N) is 3. The van der Waals surface area contributed by atoms with E-state index in [0.29, 0.717) is 55.1 Å². The molecule has 31 heavy (non-hydrogen) atoms. The van der Waals surface area contributed by atoms with Crippen LogP contribution < -0.4 is 10.1 Å². The third-order valence-electron chi connectivity index (χ3n) is 5.98. The van der Waals surface area contributed by atoms with E-state index >= 15 is 0 Å². The average Bonchev–Trinajstić information content (AvgIpc) is 3.24. The van der Waals surface area contributed by atoms with Crippen LogP contribution in [0, 0.1) is 0 Å². The van der Waals surface area contributed by atoms with Crippen molar-refractivity contribution in [3.05, 3.63) is 42.1 Å². The molecule has 0 bridgehead atoms. The largest absolute Gasteiger partial charge is 0.456 e. The number of rotatable bonds is 5. The van der Waals surface area contributed by atoms with E-state index in [2.05, 4.69) is 20.5 Å². The van der Waals surface area contributed by atoms with Crippen molar-refractivity contribution in [1.29, 1.82) is 0 Å². The molecule has 1 saturated carbocycles. The van der Waals surface area contributed by atoms with Crippen LogP contribution in [0.3, 0.4) is 0 Å². The van der Waals surface area contributed by atoms with Crippen molar-refractivity contribution in [2.75, 3.05) is 31.6 Å². The number of morpholine rings is 1. The summed E-state index contributed by atoms with van der Waals surface area (Å²) in [7, 11) is 0. The van der Waals surface area contributed by atoms with E-state index in [4.69, 9.17) is 9.47 Å². The summed E-state index contributed by atoms with van der Waals surface area (Å²) < 4.78 is 11.6. The van der Waals surface area contributed by atoms with E-state index in [1.165, 1.54) is 19.3 Å². The minimum absolute atomic E-state index is 0.00316. The summed E-state index contributed by atoms with van der Waals surface area (Å²) in [5.41, 5.74) is 1.29. The zero-order valence-corrected chi connectivity index (χ0v) is 17.5. The number of pyridine rings is 1. The Balaban J connectivity index is 1.39. The van der Waals surface area contributed by atoms with Gasteiger partial charge in [0, 0.05) is 37.0 Å². The van der Waals surface area contributed by atoms with Crippen LogP contribution in [0.5, 0.6) is 11.5 Å². The molecule has 1 saturated heterocycles. The van der Waals surface area contributed by atoms with E-state index in [1.807, 2.05) is 29.2 Å². The number of ether oxygens (including phenoxy) is 2. The zero-order chi connectivity index (χ0) is 21.0. The summed E-state index contributed by atoms with van der Waals surface area (Å²) in [4.78, 5) is 19.0. The number of nitrogens with one attached hydrogen (secondary N) is 2. The molecule has 0 unspecified atom stereocenters. The molecule has 5 rings (SSSR count). The third kappa shape index (κ3) is 4.34. The van der Waals surface area contributed by atoms with Gasteiger partial charge in [0.25, 0.3) is 5.91 Å². The van der Waals surface area contributed by atoms with Gasteiger partial charge in [0.15, 0.2) is 11.5 Å². The van der Waals surface area contributed by atoms with Crippen LogP contribution >= 0.6 is 0 Å². The lowest BCUT2D eigenvalue weighted by molar-refractivity contribution is 0.0302. The monoisotopic (exact) mass is 421 g/mol. The summed E-state index contributed by atoms with van der Waals surface area (Å²) in [5.74, 6) is 2.03. The molecule has 2 N–H and O–H groups in total. The Morgan fingerprint density at radius 1 is 1.16 bits per heavy atom. The van der Waals surface area contributed by atoms with Crippen molar-refractivity contribution in [2.24, 2.45) is 0 Å². The van der Waals surface area contributed by atoms with Gasteiger partial charge in [-0.1, -0.05) is 25.3 Å². The lowest BCUT2D eigenvalue weighted by Gasteiger charge is -2.27. The van der Waals surface area contributed by atoms with Gasteiger partial charge in [-0.2, -0.15) is 5.10 Å². The fourth-order valence-corrected chi connectivity index (χ4v) is 4.32. The van der Waals surface area contributed by atoms with Crippen LogP contribution in [-0.2, 0) is 4.74 Å². The lowest BCUT2D eigenvalue weighted by atomic mass is 9.95. The van der Waals surface area contributed by atoms with Gasteiger partial charge in [-0.15, -0.1) is 0 Å². The maximum absolute atomic E-state index is 12.8. The summed E-state index contributed by atoms with van der Waals surface area (Å²) in [5, 5.41) is 11.8. The topological polar surface area (TPSA) is 92.4 Å². The number of aromatic nitrogens is 3. The molecular weight excluding hydrogens is 394 g/mol. The molecule has 2 aromatic heterocycles. The van der Waals surface area contributed by atoms with Gasteiger partial charge in [0.05, 0.1) is 13.2 Å². The Kier molecular flexibility index (Phi) is 5.71. The van der Waals surface area contributed by atoms with Crippen molar-refractivity contribution in [2.45, 2.75) is 38.1 Å². The normalized spacial score (nSPS) is 17.6. The summed E-state index contributed by atoms with van der Waals surface area (Å²) in [6, 6.07) is 9.57. The maximum atomic E-state index is 12.8. The van der Waals surface area contributed by atoms with Crippen molar-refractivity contribution in [1.82, 2.24) is 20.1 Å². The Labute approximate surface area is 180 Å². The van der Waals surface area contributed by atoms with Crippen molar-refractivity contribution < 1.29 is 14.3 Å². The molecule has 8 heteroatoms. The summed E-state index contributed by atoms with van der Waals surface area (Å²) in [6.45, 7) is 2.38. The molecule has 3 heterocycles. The van der Waals surface area contributed by atoms with E-state index in [9.17, 15) is 4.79 Å². The van der Waals surface area contributed by atoms with Crippen molar-refractivity contribution in [3.8, 4) is 11.5 Å². The first-order chi connectivity index (χ1) is 15.3. The molecule has 162 valence electrons. The minimum atomic E-state index is -0.00316. The first-order valence-electron chi connectivity index (χ1n) is 11.0. The van der Waals surface area contributed by atoms with Crippen molar-refractivity contribution >= 4 is 22.8 Å². The molecule has 1 amide bonds. The summed E-state index contributed by atoms with van der Waals surface area (Å²) in [6.07, 6.45) is 7.78. The van der Waals surface area contributed by atoms with Crippen LogP contribution in [-0.4, -0.2) is 58.3 Å². The Morgan fingerprint density at radius 2 is 2.00 bits per heavy atom. The number of anilines is 1. The van der Waals surface area contributed by atoms with Gasteiger partial charge in [0.2, 0.25) is 0 Å². The average molecular weight is 422 g/mol. The van der Waals surface area contributed by atoms with Gasteiger partial charge >= 0.3 is 0 Å². The highest BCUT2D eigenvalue weighted by Crippen LogP contribution is 2.34. The number of carbonyl (C=O) groups excluding carboxylic acids is 1. The highest BCUT2D eigenvalue weighted by atomic mass is 16.5. The van der Waals surface area contributed by atoms with Crippen LogP contribution in [0.15, 0.2) is 36.5 Å². The highest BCUT2D eigenvalue weighted by molar-refractivity contribution is 5.95. The molecular formula is C23H27N5O3. The number of aromatic amines is 1. The third-order valence-corrected chi connectivity index (χ3v) is 5.98. The number of H-pyrrole nitrogens is 1. The molecule has 0 radical (unpaired) electrons. The minimum Gasteiger partial charge on any atom is -0.456 e. The van der Waals surface area contributed by atoms with Crippen LogP contribution in [0.2, 0.25) is 0 Å². The Hall–Kier alpha value is -3.13. The van der Waals surface area contributed by atoms with Crippen LogP contribution in [0.25, 0.3) is 11.0 Å². The number of hydrogen-bond donors (Lipinski definition) is 2. The van der Waals surface area contributed by atoms with Gasteiger partial charge in [-0.3, -0.25) is 9.89 Å². The van der Waals surface area contributed by atoms with Crippen LogP contribution in [0.4, 0.5) is 5.82 Å². The first kappa shape index (κ1) is 19.8. The predicted molar refractivity (Wildman–Crippen MR) is 118 cm³/mol. The first-order valence-corrected chi connectivity index (χ1v) is 11.0. The van der Waals surface area contributed by atoms with Crippen LogP contribution in [0.1, 0.15) is 42.5 Å². The number of fused-ring (bicyclic) bond motifs is 1. The van der Waals surface area contributed by atoms with Gasteiger partial charge in [-0.25, -0.2) is 4.98 Å².